The van der Waals surface area contributed by atoms with Crippen molar-refractivity contribution < 1.29 is 32.5 Å². The zero-order valence-electron chi connectivity index (χ0n) is 21.9. The molecule has 0 bridgehead atoms. The summed E-state index contributed by atoms with van der Waals surface area (Å²) in [6.45, 7) is 6.75. The fourth-order valence-corrected chi connectivity index (χ4v) is 4.46. The summed E-state index contributed by atoms with van der Waals surface area (Å²) in [5.41, 5.74) is 0. The van der Waals surface area contributed by atoms with Gasteiger partial charge in [-0.05, 0) is 31.4 Å². The Morgan fingerprint density at radius 3 is 1.76 bits per heavy atom. The molecule has 1 N–H and O–H groups in total. The topological polar surface area (TPSA) is 74.2 Å². The average molecular weight is 515 g/mol. The third kappa shape index (κ3) is 28.5. The van der Waals surface area contributed by atoms with Crippen LogP contribution in [0.3, 0.4) is 0 Å². The smallest absolute Gasteiger partial charge is 0.381 e. The lowest BCUT2D eigenvalue weighted by atomic mass is 10.1. The highest BCUT2D eigenvalue weighted by atomic mass is 32.2. The minimum absolute atomic E-state index is 0.207. The molecule has 0 amide bonds. The Morgan fingerprint density at radius 1 is 0.667 bits per heavy atom. The quantitative estimate of drug-likeness (QED) is 0.0874. The molecule has 0 fully saturated rings. The number of phosphoric acid groups is 1. The number of rotatable bonds is 26. The Morgan fingerprint density at radius 2 is 1.18 bits per heavy atom. The van der Waals surface area contributed by atoms with Crippen LogP contribution in [0.5, 0.6) is 0 Å². The lowest BCUT2D eigenvalue weighted by molar-refractivity contribution is -0.870. The van der Waals surface area contributed by atoms with Gasteiger partial charge in [0, 0.05) is 25.6 Å². The van der Waals surface area contributed by atoms with Gasteiger partial charge in [-0.15, -0.1) is 0 Å². The fraction of sp³-hybridized carbons (Fsp3) is 1.00. The molecule has 0 aliphatic carbocycles. The van der Waals surface area contributed by atoms with E-state index in [1.165, 1.54) is 57.8 Å². The number of phosphoric ester groups is 1. The Kier molecular flexibility index (Phi) is 23.0. The van der Waals surface area contributed by atoms with Crippen LogP contribution in [0.4, 0.5) is 0 Å². The highest BCUT2D eigenvalue weighted by molar-refractivity contribution is 7.99. The average Bonchev–Trinajstić information content (AvgIpc) is 2.73. The van der Waals surface area contributed by atoms with Gasteiger partial charge in [0.15, 0.2) is 0 Å². The van der Waals surface area contributed by atoms with E-state index in [2.05, 4.69) is 6.92 Å². The number of hydrogen-bond acceptors (Lipinski definition) is 6. The van der Waals surface area contributed by atoms with E-state index in [1.54, 1.807) is 11.8 Å². The molecule has 0 saturated heterocycles. The van der Waals surface area contributed by atoms with Crippen LogP contribution >= 0.6 is 19.6 Å². The largest absolute Gasteiger partial charge is 0.472 e. The number of unbranched alkanes of at least 4 members (excludes halogenated alkanes) is 8. The highest BCUT2D eigenvalue weighted by Crippen LogP contribution is 2.43. The summed E-state index contributed by atoms with van der Waals surface area (Å²) < 4.78 is 33.7. The van der Waals surface area contributed by atoms with Crippen molar-refractivity contribution in [3.63, 3.8) is 0 Å². The minimum atomic E-state index is -3.92. The molecule has 0 radical (unpaired) electrons. The third-order valence-corrected chi connectivity index (χ3v) is 7.10. The number of nitrogens with zero attached hydrogens (tertiary/aromatic N) is 1. The summed E-state index contributed by atoms with van der Waals surface area (Å²) >= 11 is 1.78. The van der Waals surface area contributed by atoms with E-state index in [4.69, 9.17) is 18.5 Å². The number of likely N-dealkylation sites (N-methyl/N-ethyl adjacent to an activating group) is 1. The number of hydrogen-bond donors (Lipinski definition) is 1. The summed E-state index contributed by atoms with van der Waals surface area (Å²) in [4.78, 5) is 9.64. The van der Waals surface area contributed by atoms with Gasteiger partial charge in [0.1, 0.15) is 13.2 Å². The first-order valence-electron chi connectivity index (χ1n) is 12.9. The molecule has 0 aromatic carbocycles. The SMILES string of the molecule is CCCCOCCCCCCCCCCOCCSCCCOP(=O)(O)OCC[N+](C)(C)C. The van der Waals surface area contributed by atoms with Crippen molar-refractivity contribution in [1.29, 1.82) is 0 Å². The van der Waals surface area contributed by atoms with Crippen molar-refractivity contribution in [3.05, 3.63) is 0 Å². The van der Waals surface area contributed by atoms with Gasteiger partial charge in [-0.3, -0.25) is 9.05 Å². The minimum Gasteiger partial charge on any atom is -0.381 e. The van der Waals surface area contributed by atoms with E-state index in [9.17, 15) is 9.46 Å². The predicted octanol–water partition coefficient (Wildman–Crippen LogP) is 5.90. The van der Waals surface area contributed by atoms with Crippen molar-refractivity contribution in [3.8, 4) is 0 Å². The van der Waals surface area contributed by atoms with Crippen LogP contribution in [0.2, 0.25) is 0 Å². The maximum Gasteiger partial charge on any atom is 0.472 e. The van der Waals surface area contributed by atoms with Crippen molar-refractivity contribution in [2.75, 3.05) is 78.8 Å². The fourth-order valence-electron chi connectivity index (χ4n) is 2.95. The molecule has 0 rings (SSSR count). The molecule has 1 unspecified atom stereocenters. The zero-order chi connectivity index (χ0) is 24.7. The van der Waals surface area contributed by atoms with Crippen LogP contribution in [-0.4, -0.2) is 88.2 Å². The summed E-state index contributed by atoms with van der Waals surface area (Å²) in [5.74, 6) is 1.83. The molecule has 0 heterocycles. The summed E-state index contributed by atoms with van der Waals surface area (Å²) in [6.07, 6.45) is 13.3. The molecule has 0 aromatic rings. The van der Waals surface area contributed by atoms with E-state index in [0.717, 1.165) is 50.8 Å². The van der Waals surface area contributed by atoms with Gasteiger partial charge >= 0.3 is 7.82 Å². The molecule has 200 valence electrons. The molecule has 9 heteroatoms. The summed E-state index contributed by atoms with van der Waals surface area (Å²) in [5, 5.41) is 0. The second-order valence-corrected chi connectivity index (χ2v) is 12.2. The van der Waals surface area contributed by atoms with Crippen molar-refractivity contribution >= 4 is 19.6 Å². The van der Waals surface area contributed by atoms with Crippen molar-refractivity contribution in [1.82, 2.24) is 0 Å². The monoisotopic (exact) mass is 514 g/mol. The van der Waals surface area contributed by atoms with Gasteiger partial charge in [0.2, 0.25) is 0 Å². The molecular formula is C24H53NO6PS+. The Bertz CT molecular complexity index is 465. The Hall–Kier alpha value is 0.340. The molecule has 0 aromatic heterocycles. The second-order valence-electron chi connectivity index (χ2n) is 9.52. The van der Waals surface area contributed by atoms with E-state index in [1.807, 2.05) is 21.1 Å². The number of quaternary nitrogens is 1. The predicted molar refractivity (Wildman–Crippen MR) is 140 cm³/mol. The zero-order valence-corrected chi connectivity index (χ0v) is 23.6. The van der Waals surface area contributed by atoms with Crippen LogP contribution < -0.4 is 0 Å². The second kappa shape index (κ2) is 22.8. The lowest BCUT2D eigenvalue weighted by Crippen LogP contribution is -2.37. The molecule has 7 nitrogen and oxygen atoms in total. The van der Waals surface area contributed by atoms with Gasteiger partial charge in [-0.1, -0.05) is 51.9 Å². The molecule has 0 aliphatic heterocycles. The highest BCUT2D eigenvalue weighted by Gasteiger charge is 2.21. The first kappa shape index (κ1) is 33.3. The van der Waals surface area contributed by atoms with Crippen LogP contribution in [-0.2, 0) is 23.1 Å². The molecule has 0 saturated carbocycles. The first-order chi connectivity index (χ1) is 15.8. The van der Waals surface area contributed by atoms with E-state index in [-0.39, 0.29) is 13.2 Å². The number of thioether (sulfide) groups is 1. The third-order valence-electron chi connectivity index (χ3n) is 5.05. The van der Waals surface area contributed by atoms with E-state index >= 15 is 0 Å². The molecule has 0 aliphatic rings. The molecule has 33 heavy (non-hydrogen) atoms. The van der Waals surface area contributed by atoms with Crippen LogP contribution in [0.1, 0.15) is 77.6 Å². The van der Waals surface area contributed by atoms with Crippen molar-refractivity contribution in [2.45, 2.75) is 77.6 Å². The van der Waals surface area contributed by atoms with Gasteiger partial charge in [0.05, 0.1) is 34.4 Å². The molecular weight excluding hydrogens is 461 g/mol. The summed E-state index contributed by atoms with van der Waals surface area (Å²) in [7, 11) is 2.09. The molecule has 0 spiro atoms. The lowest BCUT2D eigenvalue weighted by Gasteiger charge is -2.24. The standard InChI is InChI=1S/C24H52NO6PS/c1-5-6-17-28-18-13-11-9-7-8-10-12-14-19-29-22-24-33-23-15-20-30-32(26,27)31-21-16-25(2,3)4/h5-24H2,1-4H3/p+1. The Balaban J connectivity index is 3.23. The van der Waals surface area contributed by atoms with Crippen LogP contribution in [0.25, 0.3) is 0 Å². The first-order valence-corrected chi connectivity index (χ1v) is 15.6. The van der Waals surface area contributed by atoms with Crippen LogP contribution in [0.15, 0.2) is 0 Å². The molecule has 1 atom stereocenters. The normalized spacial score (nSPS) is 14.0. The van der Waals surface area contributed by atoms with Gasteiger partial charge in [-0.2, -0.15) is 11.8 Å². The maximum atomic E-state index is 11.8. The maximum absolute atomic E-state index is 11.8. The van der Waals surface area contributed by atoms with Gasteiger partial charge < -0.3 is 18.9 Å². The van der Waals surface area contributed by atoms with Gasteiger partial charge in [-0.25, -0.2) is 4.57 Å². The Labute approximate surface area is 208 Å². The van der Waals surface area contributed by atoms with E-state index in [0.29, 0.717) is 11.0 Å². The summed E-state index contributed by atoms with van der Waals surface area (Å²) in [6, 6.07) is 0. The van der Waals surface area contributed by atoms with Crippen LogP contribution in [0, 0.1) is 0 Å². The number of ether oxygens (including phenoxy) is 2. The van der Waals surface area contributed by atoms with Crippen molar-refractivity contribution in [2.24, 2.45) is 0 Å². The van der Waals surface area contributed by atoms with E-state index < -0.39 is 7.82 Å². The van der Waals surface area contributed by atoms with Gasteiger partial charge in [0.25, 0.3) is 0 Å².